The molecular weight excluding hydrogens is 300 g/mol. The molecule has 0 amide bonds. The maximum atomic E-state index is 6.31. The molecule has 1 saturated carbocycles. The maximum absolute atomic E-state index is 6.31. The van der Waals surface area contributed by atoms with Gasteiger partial charge in [-0.05, 0) is 56.6 Å². The van der Waals surface area contributed by atoms with Crippen LogP contribution in [0.5, 0.6) is 5.75 Å². The minimum Gasteiger partial charge on any atom is -0.492 e. The summed E-state index contributed by atoms with van der Waals surface area (Å²) in [6.45, 7) is 4.16. The normalized spacial score (nSPS) is 27.8. The third-order valence-corrected chi connectivity index (χ3v) is 6.45. The monoisotopic (exact) mass is 330 g/mol. The van der Waals surface area contributed by atoms with Crippen molar-refractivity contribution in [1.29, 1.82) is 0 Å². The Bertz CT molecular complexity index is 508. The second kappa shape index (κ2) is 7.40. The topological polar surface area (TPSA) is 34.6 Å². The van der Waals surface area contributed by atoms with E-state index in [2.05, 4.69) is 9.88 Å². The fourth-order valence-electron chi connectivity index (χ4n) is 5.03. The van der Waals surface area contributed by atoms with E-state index in [0.29, 0.717) is 5.92 Å². The average molecular weight is 330 g/mol. The molecule has 132 valence electrons. The van der Waals surface area contributed by atoms with Crippen molar-refractivity contribution in [3.8, 4) is 5.75 Å². The van der Waals surface area contributed by atoms with Crippen molar-refractivity contribution in [3.63, 3.8) is 0 Å². The van der Waals surface area contributed by atoms with E-state index in [1.807, 2.05) is 12.1 Å². The summed E-state index contributed by atoms with van der Waals surface area (Å²) in [6, 6.07) is 4.76. The second-order valence-electron chi connectivity index (χ2n) is 7.70. The molecule has 0 unspecified atom stereocenters. The smallest absolute Gasteiger partial charge is 0.137 e. The SMILES string of the molecule is c1cncc(OCC[C@@H]2CCOC23CCN(C2CCCC2)CC3)c1. The molecule has 1 aromatic heterocycles. The van der Waals surface area contributed by atoms with Crippen molar-refractivity contribution >= 4 is 0 Å². The minimum absolute atomic E-state index is 0.132. The van der Waals surface area contributed by atoms with Crippen LogP contribution >= 0.6 is 0 Å². The Morgan fingerprint density at radius 2 is 2.04 bits per heavy atom. The lowest BCUT2D eigenvalue weighted by Gasteiger charge is -2.44. The van der Waals surface area contributed by atoms with Crippen LogP contribution in [0.2, 0.25) is 0 Å². The highest BCUT2D eigenvalue weighted by Gasteiger charge is 2.46. The number of pyridine rings is 1. The van der Waals surface area contributed by atoms with Gasteiger partial charge in [-0.3, -0.25) is 4.98 Å². The first-order chi connectivity index (χ1) is 11.9. The number of rotatable bonds is 5. The third kappa shape index (κ3) is 3.45. The highest BCUT2D eigenvalue weighted by Crippen LogP contribution is 2.43. The van der Waals surface area contributed by atoms with Gasteiger partial charge >= 0.3 is 0 Å². The van der Waals surface area contributed by atoms with Crippen LogP contribution in [0, 0.1) is 5.92 Å². The molecule has 0 N–H and O–H groups in total. The first-order valence-corrected chi connectivity index (χ1v) is 9.77. The van der Waals surface area contributed by atoms with Gasteiger partial charge in [-0.25, -0.2) is 0 Å². The standard InChI is InChI=1S/C20H30N2O2/c1-2-5-18(4-1)22-12-9-20(10-13-22)17(8-15-24-20)7-14-23-19-6-3-11-21-16-19/h3,6,11,16-18H,1-2,4-5,7-10,12-15H2/t17-/m1/s1. The van der Waals surface area contributed by atoms with Gasteiger partial charge in [-0.15, -0.1) is 0 Å². The van der Waals surface area contributed by atoms with E-state index >= 15 is 0 Å². The van der Waals surface area contributed by atoms with E-state index in [4.69, 9.17) is 9.47 Å². The Balaban J connectivity index is 1.28. The number of likely N-dealkylation sites (tertiary alicyclic amines) is 1. The van der Waals surface area contributed by atoms with Gasteiger partial charge < -0.3 is 14.4 Å². The Morgan fingerprint density at radius 1 is 1.21 bits per heavy atom. The van der Waals surface area contributed by atoms with Crippen LogP contribution in [0.3, 0.4) is 0 Å². The molecule has 1 atom stereocenters. The summed E-state index contributed by atoms with van der Waals surface area (Å²) in [6.07, 6.45) is 14.0. The molecule has 4 heteroatoms. The Kier molecular flexibility index (Phi) is 5.04. The number of hydrogen-bond donors (Lipinski definition) is 0. The predicted molar refractivity (Wildman–Crippen MR) is 94.2 cm³/mol. The van der Waals surface area contributed by atoms with Gasteiger partial charge in [-0.2, -0.15) is 0 Å². The molecule has 3 heterocycles. The molecule has 3 aliphatic rings. The molecular formula is C20H30N2O2. The third-order valence-electron chi connectivity index (χ3n) is 6.45. The lowest BCUT2D eigenvalue weighted by Crippen LogP contribution is -2.50. The fourth-order valence-corrected chi connectivity index (χ4v) is 5.03. The molecule has 1 aliphatic carbocycles. The first-order valence-electron chi connectivity index (χ1n) is 9.77. The lowest BCUT2D eigenvalue weighted by molar-refractivity contribution is -0.0753. The summed E-state index contributed by atoms with van der Waals surface area (Å²) in [7, 11) is 0. The van der Waals surface area contributed by atoms with Gasteiger partial charge in [-0.1, -0.05) is 12.8 Å². The van der Waals surface area contributed by atoms with E-state index < -0.39 is 0 Å². The molecule has 1 aromatic rings. The molecule has 0 bridgehead atoms. The van der Waals surface area contributed by atoms with Crippen LogP contribution in [0.1, 0.15) is 51.4 Å². The fraction of sp³-hybridized carbons (Fsp3) is 0.750. The molecule has 1 spiro atoms. The number of aromatic nitrogens is 1. The zero-order valence-electron chi connectivity index (χ0n) is 14.7. The van der Waals surface area contributed by atoms with Crippen molar-refractivity contribution in [2.75, 3.05) is 26.3 Å². The summed E-state index contributed by atoms with van der Waals surface area (Å²) in [5, 5.41) is 0. The number of piperidine rings is 1. The Morgan fingerprint density at radius 3 is 2.79 bits per heavy atom. The molecule has 3 fully saturated rings. The van der Waals surface area contributed by atoms with Crippen molar-refractivity contribution in [3.05, 3.63) is 24.5 Å². The first kappa shape index (κ1) is 16.3. The van der Waals surface area contributed by atoms with Crippen LogP contribution in [-0.2, 0) is 4.74 Å². The van der Waals surface area contributed by atoms with Crippen molar-refractivity contribution in [2.45, 2.75) is 63.0 Å². The summed E-state index contributed by atoms with van der Waals surface area (Å²) < 4.78 is 12.2. The van der Waals surface area contributed by atoms with E-state index in [1.54, 1.807) is 12.4 Å². The van der Waals surface area contributed by atoms with E-state index in [1.165, 1.54) is 58.0 Å². The van der Waals surface area contributed by atoms with Gasteiger partial charge in [0.15, 0.2) is 0 Å². The van der Waals surface area contributed by atoms with Crippen molar-refractivity contribution < 1.29 is 9.47 Å². The highest BCUT2D eigenvalue weighted by molar-refractivity contribution is 5.15. The van der Waals surface area contributed by atoms with Gasteiger partial charge in [0.25, 0.3) is 0 Å². The van der Waals surface area contributed by atoms with Crippen LogP contribution < -0.4 is 4.74 Å². The molecule has 2 saturated heterocycles. The summed E-state index contributed by atoms with van der Waals surface area (Å²) in [5.41, 5.74) is 0.132. The molecule has 24 heavy (non-hydrogen) atoms. The van der Waals surface area contributed by atoms with Crippen LogP contribution in [0.4, 0.5) is 0 Å². The molecule has 4 rings (SSSR count). The van der Waals surface area contributed by atoms with Gasteiger partial charge in [0.2, 0.25) is 0 Å². The molecule has 4 nitrogen and oxygen atoms in total. The maximum Gasteiger partial charge on any atom is 0.137 e. The van der Waals surface area contributed by atoms with E-state index in [-0.39, 0.29) is 5.60 Å². The van der Waals surface area contributed by atoms with Gasteiger partial charge in [0.1, 0.15) is 5.75 Å². The average Bonchev–Trinajstić information content (AvgIpc) is 3.28. The zero-order chi connectivity index (χ0) is 16.2. The number of hydrogen-bond acceptors (Lipinski definition) is 4. The number of ether oxygens (including phenoxy) is 2. The zero-order valence-corrected chi connectivity index (χ0v) is 14.7. The van der Waals surface area contributed by atoms with Gasteiger partial charge in [0.05, 0.1) is 18.4 Å². The van der Waals surface area contributed by atoms with Gasteiger partial charge in [0, 0.05) is 31.9 Å². The summed E-state index contributed by atoms with van der Waals surface area (Å²) in [4.78, 5) is 6.85. The second-order valence-corrected chi connectivity index (χ2v) is 7.70. The lowest BCUT2D eigenvalue weighted by atomic mass is 9.78. The summed E-state index contributed by atoms with van der Waals surface area (Å²) >= 11 is 0. The Labute approximate surface area is 145 Å². The molecule has 0 radical (unpaired) electrons. The van der Waals surface area contributed by atoms with Crippen LogP contribution in [0.15, 0.2) is 24.5 Å². The number of nitrogens with zero attached hydrogens (tertiary/aromatic N) is 2. The van der Waals surface area contributed by atoms with E-state index in [0.717, 1.165) is 31.4 Å². The quantitative estimate of drug-likeness (QED) is 0.825. The largest absolute Gasteiger partial charge is 0.492 e. The molecule has 0 aromatic carbocycles. The van der Waals surface area contributed by atoms with Crippen LogP contribution in [-0.4, -0.2) is 47.8 Å². The Hall–Kier alpha value is -1.13. The van der Waals surface area contributed by atoms with Crippen molar-refractivity contribution in [1.82, 2.24) is 9.88 Å². The van der Waals surface area contributed by atoms with Crippen LogP contribution in [0.25, 0.3) is 0 Å². The summed E-state index contributed by atoms with van der Waals surface area (Å²) in [5.74, 6) is 1.53. The minimum atomic E-state index is 0.132. The van der Waals surface area contributed by atoms with Crippen molar-refractivity contribution in [2.24, 2.45) is 5.92 Å². The van der Waals surface area contributed by atoms with E-state index in [9.17, 15) is 0 Å². The molecule has 2 aliphatic heterocycles. The highest BCUT2D eigenvalue weighted by atomic mass is 16.5. The predicted octanol–water partition coefficient (Wildman–Crippen LogP) is 3.66.